The molecule has 0 radical (unpaired) electrons. The SMILES string of the molecule is COc1cc(C(=O)Nc2cccc(Cl)c2)cc(Cl)c1OCc1ccc(C)cc1. The Balaban J connectivity index is 1.78. The summed E-state index contributed by atoms with van der Waals surface area (Å²) in [7, 11) is 1.50. The largest absolute Gasteiger partial charge is 0.493 e. The van der Waals surface area contributed by atoms with E-state index in [-0.39, 0.29) is 5.91 Å². The van der Waals surface area contributed by atoms with Gasteiger partial charge in [0.1, 0.15) is 6.61 Å². The summed E-state index contributed by atoms with van der Waals surface area (Å²) in [6, 6.07) is 18.1. The fourth-order valence-corrected chi connectivity index (χ4v) is 3.06. The third-order valence-electron chi connectivity index (χ3n) is 4.08. The molecule has 0 atom stereocenters. The lowest BCUT2D eigenvalue weighted by molar-refractivity contribution is 0.102. The van der Waals surface area contributed by atoms with Gasteiger partial charge in [-0.05, 0) is 42.8 Å². The smallest absolute Gasteiger partial charge is 0.255 e. The Bertz CT molecular complexity index is 988. The molecule has 3 rings (SSSR count). The minimum absolute atomic E-state index is 0.294. The van der Waals surface area contributed by atoms with E-state index in [9.17, 15) is 4.79 Å². The summed E-state index contributed by atoms with van der Waals surface area (Å²) in [6.07, 6.45) is 0. The van der Waals surface area contributed by atoms with Crippen LogP contribution in [0.3, 0.4) is 0 Å². The molecule has 0 spiro atoms. The van der Waals surface area contributed by atoms with Crippen LogP contribution in [0.15, 0.2) is 60.7 Å². The van der Waals surface area contributed by atoms with Crippen LogP contribution in [0.1, 0.15) is 21.5 Å². The first kappa shape index (κ1) is 20.1. The fraction of sp³-hybridized carbons (Fsp3) is 0.136. The van der Waals surface area contributed by atoms with E-state index in [1.165, 1.54) is 12.7 Å². The van der Waals surface area contributed by atoms with E-state index >= 15 is 0 Å². The molecular formula is C22H19Cl2NO3. The average molecular weight is 416 g/mol. The van der Waals surface area contributed by atoms with E-state index in [2.05, 4.69) is 5.32 Å². The first-order chi connectivity index (χ1) is 13.5. The number of methoxy groups -OCH3 is 1. The van der Waals surface area contributed by atoms with Gasteiger partial charge in [0, 0.05) is 16.3 Å². The maximum atomic E-state index is 12.6. The average Bonchev–Trinajstić information content (AvgIpc) is 2.67. The maximum absolute atomic E-state index is 12.6. The number of nitrogens with one attached hydrogen (secondary N) is 1. The second-order valence-electron chi connectivity index (χ2n) is 6.23. The lowest BCUT2D eigenvalue weighted by Gasteiger charge is -2.14. The molecule has 1 amide bonds. The summed E-state index contributed by atoms with van der Waals surface area (Å²) < 4.78 is 11.2. The van der Waals surface area contributed by atoms with Crippen LogP contribution >= 0.6 is 23.2 Å². The number of carbonyl (C=O) groups excluding carboxylic acids is 1. The molecule has 0 aliphatic heterocycles. The van der Waals surface area contributed by atoms with Crippen molar-refractivity contribution in [3.8, 4) is 11.5 Å². The molecule has 0 fully saturated rings. The molecule has 0 aromatic heterocycles. The molecule has 0 bridgehead atoms. The zero-order valence-corrected chi connectivity index (χ0v) is 17.0. The van der Waals surface area contributed by atoms with Gasteiger partial charge in [-0.25, -0.2) is 0 Å². The van der Waals surface area contributed by atoms with Gasteiger partial charge in [-0.1, -0.05) is 59.1 Å². The number of hydrogen-bond donors (Lipinski definition) is 1. The molecule has 4 nitrogen and oxygen atoms in total. The zero-order valence-electron chi connectivity index (χ0n) is 15.5. The number of aryl methyl sites for hydroxylation is 1. The Morgan fingerprint density at radius 2 is 1.79 bits per heavy atom. The molecule has 3 aromatic rings. The zero-order chi connectivity index (χ0) is 20.1. The highest BCUT2D eigenvalue weighted by Crippen LogP contribution is 2.37. The Hall–Kier alpha value is -2.69. The van der Waals surface area contributed by atoms with E-state index in [0.29, 0.717) is 39.4 Å². The highest BCUT2D eigenvalue weighted by atomic mass is 35.5. The molecule has 0 aliphatic carbocycles. The normalized spacial score (nSPS) is 10.4. The van der Waals surface area contributed by atoms with Gasteiger partial charge in [0.2, 0.25) is 0 Å². The summed E-state index contributed by atoms with van der Waals surface area (Å²) in [5.74, 6) is 0.451. The summed E-state index contributed by atoms with van der Waals surface area (Å²) in [6.45, 7) is 2.36. The summed E-state index contributed by atoms with van der Waals surface area (Å²) in [5.41, 5.74) is 3.12. The van der Waals surface area contributed by atoms with Crippen molar-refractivity contribution >= 4 is 34.8 Å². The molecule has 0 saturated carbocycles. The van der Waals surface area contributed by atoms with E-state index < -0.39 is 0 Å². The van der Waals surface area contributed by atoms with E-state index in [1.54, 1.807) is 36.4 Å². The summed E-state index contributed by atoms with van der Waals surface area (Å²) in [5, 5.41) is 3.61. The molecule has 6 heteroatoms. The van der Waals surface area contributed by atoms with Crippen LogP contribution in [0, 0.1) is 6.92 Å². The topological polar surface area (TPSA) is 47.6 Å². The minimum atomic E-state index is -0.326. The molecule has 0 saturated heterocycles. The lowest BCUT2D eigenvalue weighted by atomic mass is 10.1. The third kappa shape index (κ3) is 4.97. The molecule has 0 unspecified atom stereocenters. The number of carbonyl (C=O) groups is 1. The second-order valence-corrected chi connectivity index (χ2v) is 7.07. The number of benzene rings is 3. The Labute approximate surface area is 174 Å². The van der Waals surface area contributed by atoms with Crippen molar-refractivity contribution in [3.63, 3.8) is 0 Å². The highest BCUT2D eigenvalue weighted by molar-refractivity contribution is 6.33. The first-order valence-corrected chi connectivity index (χ1v) is 9.34. The number of rotatable bonds is 6. The molecule has 0 heterocycles. The van der Waals surface area contributed by atoms with Gasteiger partial charge < -0.3 is 14.8 Å². The van der Waals surface area contributed by atoms with Crippen LogP contribution in [-0.4, -0.2) is 13.0 Å². The van der Waals surface area contributed by atoms with Crippen molar-refractivity contribution in [2.75, 3.05) is 12.4 Å². The van der Waals surface area contributed by atoms with Crippen LogP contribution < -0.4 is 14.8 Å². The van der Waals surface area contributed by atoms with Gasteiger partial charge in [0.25, 0.3) is 5.91 Å². The van der Waals surface area contributed by atoms with Crippen molar-refractivity contribution in [1.29, 1.82) is 0 Å². The van der Waals surface area contributed by atoms with E-state index in [4.69, 9.17) is 32.7 Å². The van der Waals surface area contributed by atoms with Gasteiger partial charge in [-0.15, -0.1) is 0 Å². The fourth-order valence-electron chi connectivity index (χ4n) is 2.60. The quantitative estimate of drug-likeness (QED) is 0.525. The van der Waals surface area contributed by atoms with Gasteiger partial charge in [0.15, 0.2) is 11.5 Å². The lowest BCUT2D eigenvalue weighted by Crippen LogP contribution is -2.12. The van der Waals surface area contributed by atoms with Crippen molar-refractivity contribution in [2.24, 2.45) is 0 Å². The van der Waals surface area contributed by atoms with Crippen molar-refractivity contribution in [2.45, 2.75) is 13.5 Å². The molecule has 144 valence electrons. The second kappa shape index (κ2) is 9.00. The number of hydrogen-bond acceptors (Lipinski definition) is 3. The Morgan fingerprint density at radius 1 is 1.04 bits per heavy atom. The van der Waals surface area contributed by atoms with Crippen LogP contribution in [-0.2, 0) is 6.61 Å². The minimum Gasteiger partial charge on any atom is -0.493 e. The van der Waals surface area contributed by atoms with Gasteiger partial charge in [-0.2, -0.15) is 0 Å². The molecule has 28 heavy (non-hydrogen) atoms. The third-order valence-corrected chi connectivity index (χ3v) is 4.59. The van der Waals surface area contributed by atoms with E-state index in [1.807, 2.05) is 31.2 Å². The van der Waals surface area contributed by atoms with Crippen molar-refractivity contribution in [1.82, 2.24) is 0 Å². The highest BCUT2D eigenvalue weighted by Gasteiger charge is 2.16. The van der Waals surface area contributed by atoms with E-state index in [0.717, 1.165) is 5.56 Å². The maximum Gasteiger partial charge on any atom is 0.255 e. The van der Waals surface area contributed by atoms with Crippen LogP contribution in [0.2, 0.25) is 10.0 Å². The Kier molecular flexibility index (Phi) is 6.45. The molecule has 1 N–H and O–H groups in total. The van der Waals surface area contributed by atoms with Crippen molar-refractivity contribution in [3.05, 3.63) is 87.4 Å². The molecule has 0 aliphatic rings. The first-order valence-electron chi connectivity index (χ1n) is 8.59. The van der Waals surface area contributed by atoms with Gasteiger partial charge in [-0.3, -0.25) is 4.79 Å². The predicted molar refractivity (Wildman–Crippen MR) is 113 cm³/mol. The number of ether oxygens (including phenoxy) is 2. The monoisotopic (exact) mass is 415 g/mol. The Morgan fingerprint density at radius 3 is 2.46 bits per heavy atom. The van der Waals surface area contributed by atoms with Crippen LogP contribution in [0.4, 0.5) is 5.69 Å². The number of halogens is 2. The van der Waals surface area contributed by atoms with Crippen LogP contribution in [0.25, 0.3) is 0 Å². The molecule has 3 aromatic carbocycles. The number of anilines is 1. The molecular weight excluding hydrogens is 397 g/mol. The van der Waals surface area contributed by atoms with Gasteiger partial charge >= 0.3 is 0 Å². The standard InChI is InChI=1S/C22H19Cl2NO3/c1-14-6-8-15(9-7-14)13-28-21-19(24)10-16(11-20(21)27-2)22(26)25-18-5-3-4-17(23)12-18/h3-12H,13H2,1-2H3,(H,25,26). The van der Waals surface area contributed by atoms with Crippen molar-refractivity contribution < 1.29 is 14.3 Å². The predicted octanol–water partition coefficient (Wildman–Crippen LogP) is 6.14. The summed E-state index contributed by atoms with van der Waals surface area (Å²) in [4.78, 5) is 12.6. The van der Waals surface area contributed by atoms with Gasteiger partial charge in [0.05, 0.1) is 12.1 Å². The van der Waals surface area contributed by atoms with Crippen LogP contribution in [0.5, 0.6) is 11.5 Å². The number of amides is 1. The summed E-state index contributed by atoms with van der Waals surface area (Å²) >= 11 is 12.3.